The fourth-order valence-corrected chi connectivity index (χ4v) is 5.30. The molecule has 5 atom stereocenters. The molecular weight excluding hydrogens is 453 g/mol. The Morgan fingerprint density at radius 1 is 1.17 bits per heavy atom. The Labute approximate surface area is 184 Å². The van der Waals surface area contributed by atoms with Crippen molar-refractivity contribution in [2.45, 2.75) is 36.9 Å². The van der Waals surface area contributed by atoms with E-state index >= 15 is 0 Å². The van der Waals surface area contributed by atoms with E-state index in [2.05, 4.69) is 4.98 Å². The van der Waals surface area contributed by atoms with E-state index in [-0.39, 0.29) is 10.6 Å². The van der Waals surface area contributed by atoms with Gasteiger partial charge in [0, 0.05) is 28.8 Å². The van der Waals surface area contributed by atoms with Crippen molar-refractivity contribution in [3.8, 4) is 10.4 Å². The molecule has 1 aliphatic heterocycles. The Hall–Kier alpha value is -1.43. The Morgan fingerprint density at radius 2 is 1.97 bits per heavy atom. The highest BCUT2D eigenvalue weighted by Gasteiger charge is 2.44. The first-order chi connectivity index (χ1) is 14.4. The van der Waals surface area contributed by atoms with Crippen molar-refractivity contribution >= 4 is 34.3 Å². The van der Waals surface area contributed by atoms with Gasteiger partial charge in [0.1, 0.15) is 36.3 Å². The first-order valence-electron chi connectivity index (χ1n) is 9.14. The van der Waals surface area contributed by atoms with Gasteiger partial charge < -0.3 is 25.2 Å². The summed E-state index contributed by atoms with van der Waals surface area (Å²) in [5.41, 5.74) is 1.65. The molecule has 2 aromatic heterocycles. The number of aromatic nitrogens is 1. The number of hydrogen-bond donors (Lipinski definition) is 4. The number of rotatable bonds is 5. The molecule has 1 saturated heterocycles. The number of benzene rings is 1. The summed E-state index contributed by atoms with van der Waals surface area (Å²) in [5.74, 6) is -0.716. The van der Waals surface area contributed by atoms with Crippen LogP contribution in [0.15, 0.2) is 35.2 Å². The minimum atomic E-state index is -1.59. The molecule has 0 amide bonds. The molecule has 0 unspecified atom stereocenters. The van der Waals surface area contributed by atoms with E-state index in [9.17, 15) is 24.8 Å². The summed E-state index contributed by atoms with van der Waals surface area (Å²) in [7, 11) is 0. The second kappa shape index (κ2) is 8.97. The van der Waals surface area contributed by atoms with Gasteiger partial charge in [0.05, 0.1) is 16.5 Å². The van der Waals surface area contributed by atoms with Gasteiger partial charge in [0.2, 0.25) is 0 Å². The molecule has 1 aromatic carbocycles. The van der Waals surface area contributed by atoms with Gasteiger partial charge >= 0.3 is 0 Å². The Balaban J connectivity index is 1.63. The van der Waals surface area contributed by atoms with Crippen molar-refractivity contribution < 1.29 is 29.6 Å². The number of ether oxygens (including phenoxy) is 1. The largest absolute Gasteiger partial charge is 0.394 e. The summed E-state index contributed by atoms with van der Waals surface area (Å²) in [6.07, 6.45) is -4.95. The number of nitrogens with zero attached hydrogens (tertiary/aromatic N) is 1. The van der Waals surface area contributed by atoms with E-state index in [1.54, 1.807) is 17.5 Å². The van der Waals surface area contributed by atoms with Gasteiger partial charge in [0.25, 0.3) is 0 Å². The second-order valence-corrected chi connectivity index (χ2v) is 9.32. The number of aliphatic hydroxyl groups is 4. The molecule has 1 fully saturated rings. The lowest BCUT2D eigenvalue weighted by atomic mass is 9.90. The number of aliphatic hydroxyl groups excluding tert-OH is 4. The smallest absolute Gasteiger partial charge is 0.130 e. The maximum atomic E-state index is 14.7. The molecule has 3 heterocycles. The van der Waals surface area contributed by atoms with Gasteiger partial charge in [0.15, 0.2) is 0 Å². The molecule has 0 saturated carbocycles. The Bertz CT molecular complexity index is 1010. The monoisotopic (exact) mass is 471 g/mol. The third-order valence-electron chi connectivity index (χ3n) is 5.07. The zero-order chi connectivity index (χ0) is 21.4. The van der Waals surface area contributed by atoms with Crippen molar-refractivity contribution in [1.82, 2.24) is 4.98 Å². The van der Waals surface area contributed by atoms with Crippen LogP contribution in [0.3, 0.4) is 0 Å². The Kier molecular flexibility index (Phi) is 6.52. The Morgan fingerprint density at radius 3 is 2.67 bits per heavy atom. The van der Waals surface area contributed by atoms with Crippen LogP contribution in [0.25, 0.3) is 10.4 Å². The van der Waals surface area contributed by atoms with Crippen LogP contribution in [0.1, 0.15) is 22.2 Å². The number of thiophene rings is 1. The van der Waals surface area contributed by atoms with Crippen molar-refractivity contribution in [2.75, 3.05) is 6.61 Å². The molecule has 30 heavy (non-hydrogen) atoms. The number of thiazole rings is 1. The van der Waals surface area contributed by atoms with E-state index in [0.29, 0.717) is 12.0 Å². The molecule has 0 spiro atoms. The van der Waals surface area contributed by atoms with E-state index in [4.69, 9.17) is 16.3 Å². The summed E-state index contributed by atoms with van der Waals surface area (Å²) in [5, 5.41) is 44.7. The fraction of sp³-hybridized carbons (Fsp3) is 0.350. The molecule has 160 valence electrons. The predicted molar refractivity (Wildman–Crippen MR) is 112 cm³/mol. The predicted octanol–water partition coefficient (Wildman–Crippen LogP) is 2.77. The summed E-state index contributed by atoms with van der Waals surface area (Å²) in [6, 6.07) is 4.60. The van der Waals surface area contributed by atoms with E-state index < -0.39 is 42.9 Å². The minimum absolute atomic E-state index is 0.0130. The molecule has 3 aromatic rings. The maximum absolute atomic E-state index is 14.7. The van der Waals surface area contributed by atoms with Crippen LogP contribution in [0.4, 0.5) is 4.39 Å². The van der Waals surface area contributed by atoms with Crippen molar-refractivity contribution in [3.63, 3.8) is 0 Å². The van der Waals surface area contributed by atoms with Crippen LogP contribution in [0.5, 0.6) is 0 Å². The third-order valence-corrected chi connectivity index (χ3v) is 7.15. The van der Waals surface area contributed by atoms with Crippen molar-refractivity contribution in [3.05, 3.63) is 62.1 Å². The molecule has 4 N–H and O–H groups in total. The molecule has 0 aliphatic carbocycles. The highest BCUT2D eigenvalue weighted by molar-refractivity contribution is 7.15. The van der Waals surface area contributed by atoms with Gasteiger partial charge in [-0.1, -0.05) is 11.6 Å². The lowest BCUT2D eigenvalue weighted by molar-refractivity contribution is -0.232. The second-order valence-electron chi connectivity index (χ2n) is 7.02. The lowest BCUT2D eigenvalue weighted by Gasteiger charge is -2.40. The molecule has 10 heteroatoms. The van der Waals surface area contributed by atoms with Crippen LogP contribution in [0.2, 0.25) is 5.02 Å². The first kappa shape index (κ1) is 21.8. The topological polar surface area (TPSA) is 103 Å². The van der Waals surface area contributed by atoms with Gasteiger partial charge in [-0.3, -0.25) is 0 Å². The van der Waals surface area contributed by atoms with Gasteiger partial charge in [-0.2, -0.15) is 11.3 Å². The lowest BCUT2D eigenvalue weighted by Crippen LogP contribution is -2.55. The van der Waals surface area contributed by atoms with Crippen LogP contribution in [0, 0.1) is 5.82 Å². The third kappa shape index (κ3) is 4.17. The normalized spacial score (nSPS) is 26.8. The summed E-state index contributed by atoms with van der Waals surface area (Å²) >= 11 is 9.34. The van der Waals surface area contributed by atoms with E-state index in [1.807, 2.05) is 16.8 Å². The molecule has 4 rings (SSSR count). The summed E-state index contributed by atoms with van der Waals surface area (Å²) in [4.78, 5) is 5.43. The molecule has 0 bridgehead atoms. The molecule has 0 radical (unpaired) electrons. The number of hydrogen-bond acceptors (Lipinski definition) is 8. The maximum Gasteiger partial charge on any atom is 0.130 e. The zero-order valence-corrected chi connectivity index (χ0v) is 17.9. The van der Waals surface area contributed by atoms with Crippen molar-refractivity contribution in [1.29, 1.82) is 0 Å². The zero-order valence-electron chi connectivity index (χ0n) is 15.5. The van der Waals surface area contributed by atoms with Crippen molar-refractivity contribution in [2.24, 2.45) is 0 Å². The molecule has 1 aliphatic rings. The average molecular weight is 472 g/mol. The van der Waals surface area contributed by atoms with Gasteiger partial charge in [-0.25, -0.2) is 9.37 Å². The van der Waals surface area contributed by atoms with Crippen LogP contribution in [-0.2, 0) is 11.2 Å². The standard InChI is InChI=1S/C20H19ClFNO5S2/c21-12-5-13(22)11(20-19(27)18(26)17(25)14(7-24)28-20)3-10(12)4-16-23-6-15(30-16)9-1-2-29-8-9/h1-3,5-6,8,14,17-20,24-27H,4,7H2/t14-,17-,18+,19-,20+/m1/s1. The fourth-order valence-electron chi connectivity index (χ4n) is 3.42. The molecule has 6 nitrogen and oxygen atoms in total. The summed E-state index contributed by atoms with van der Waals surface area (Å²) < 4.78 is 20.2. The van der Waals surface area contributed by atoms with Crippen LogP contribution >= 0.6 is 34.3 Å². The quantitative estimate of drug-likeness (QED) is 0.456. The van der Waals surface area contributed by atoms with E-state index in [0.717, 1.165) is 21.5 Å². The average Bonchev–Trinajstić information content (AvgIpc) is 3.41. The molecular formula is C20H19ClFNO5S2. The summed E-state index contributed by atoms with van der Waals surface area (Å²) in [6.45, 7) is -0.589. The number of halogens is 2. The van der Waals surface area contributed by atoms with Crippen LogP contribution < -0.4 is 0 Å². The van der Waals surface area contributed by atoms with Crippen LogP contribution in [-0.4, -0.2) is 56.4 Å². The SMILES string of the molecule is OC[C@H]1O[C@@H](c2cc(Cc3ncc(-c4ccsc4)s3)c(Cl)cc2F)[C@H](O)[C@@H](O)[C@@H]1O. The minimum Gasteiger partial charge on any atom is -0.394 e. The van der Waals surface area contributed by atoms with Gasteiger partial charge in [-0.05, 0) is 34.5 Å². The first-order valence-corrected chi connectivity index (χ1v) is 11.3. The highest BCUT2D eigenvalue weighted by Crippen LogP contribution is 2.37. The highest BCUT2D eigenvalue weighted by atomic mass is 35.5. The van der Waals surface area contributed by atoms with E-state index in [1.165, 1.54) is 17.4 Å². The van der Waals surface area contributed by atoms with Gasteiger partial charge in [-0.15, -0.1) is 11.3 Å².